The Morgan fingerprint density at radius 1 is 1.10 bits per heavy atom. The minimum atomic E-state index is -4.47. The molecule has 1 saturated carbocycles. The van der Waals surface area contributed by atoms with Gasteiger partial charge in [-0.25, -0.2) is 4.79 Å². The molecule has 1 aliphatic rings. The van der Waals surface area contributed by atoms with Gasteiger partial charge in [0, 0.05) is 17.3 Å². The molecular weight excluding hydrogens is 397 g/mol. The lowest BCUT2D eigenvalue weighted by Gasteiger charge is -2.30. The number of hydrogen-bond acceptors (Lipinski definition) is 3. The Hall–Kier alpha value is -2.90. The maximum atomic E-state index is 13.1. The standard InChI is InChI=1S/C22H25F3N2O3/c1-29-19-12-5-7-15(20(19)30-2)14-27(18-10-3-4-11-18)21(28)26-17-9-6-8-16(13-17)22(23,24)25/h5-9,12-13,18H,3-4,10-11,14H2,1-2H3,(H,26,28). The molecule has 5 nitrogen and oxygen atoms in total. The van der Waals surface area contributed by atoms with E-state index in [2.05, 4.69) is 5.32 Å². The number of nitrogens with one attached hydrogen (secondary N) is 1. The summed E-state index contributed by atoms with van der Waals surface area (Å²) in [7, 11) is 3.07. The summed E-state index contributed by atoms with van der Waals surface area (Å²) in [6.45, 7) is 0.260. The maximum absolute atomic E-state index is 13.1. The van der Waals surface area contributed by atoms with Crippen LogP contribution in [0.4, 0.5) is 23.7 Å². The van der Waals surface area contributed by atoms with Crippen LogP contribution in [-0.2, 0) is 12.7 Å². The highest BCUT2D eigenvalue weighted by Gasteiger charge is 2.31. The second kappa shape index (κ2) is 9.28. The van der Waals surface area contributed by atoms with Gasteiger partial charge in [-0.1, -0.05) is 31.0 Å². The van der Waals surface area contributed by atoms with Crippen molar-refractivity contribution in [1.82, 2.24) is 4.90 Å². The lowest BCUT2D eigenvalue weighted by atomic mass is 10.1. The Labute approximate surface area is 173 Å². The Balaban J connectivity index is 1.85. The zero-order chi connectivity index (χ0) is 21.7. The average Bonchev–Trinajstić information content (AvgIpc) is 3.25. The zero-order valence-electron chi connectivity index (χ0n) is 17.0. The van der Waals surface area contributed by atoms with Crippen molar-refractivity contribution < 1.29 is 27.4 Å². The fourth-order valence-corrected chi connectivity index (χ4v) is 3.81. The van der Waals surface area contributed by atoms with Crippen LogP contribution in [0.2, 0.25) is 0 Å². The number of ether oxygens (including phenoxy) is 2. The molecule has 0 heterocycles. The lowest BCUT2D eigenvalue weighted by molar-refractivity contribution is -0.137. The van der Waals surface area contributed by atoms with Crippen LogP contribution in [-0.4, -0.2) is 31.2 Å². The second-order valence-electron chi connectivity index (χ2n) is 7.23. The van der Waals surface area contributed by atoms with E-state index in [9.17, 15) is 18.0 Å². The molecule has 0 atom stereocenters. The number of para-hydroxylation sites is 1. The van der Waals surface area contributed by atoms with Gasteiger partial charge in [0.15, 0.2) is 11.5 Å². The highest BCUT2D eigenvalue weighted by molar-refractivity contribution is 5.89. The highest BCUT2D eigenvalue weighted by atomic mass is 19.4. The molecule has 162 valence electrons. The molecular formula is C22H25F3N2O3. The second-order valence-corrected chi connectivity index (χ2v) is 7.23. The molecule has 0 unspecified atom stereocenters. The summed E-state index contributed by atoms with van der Waals surface area (Å²) in [6, 6.07) is 9.65. The molecule has 30 heavy (non-hydrogen) atoms. The molecule has 0 saturated heterocycles. The number of nitrogens with zero attached hydrogens (tertiary/aromatic N) is 1. The van der Waals surface area contributed by atoms with Gasteiger partial charge in [0.2, 0.25) is 0 Å². The summed E-state index contributed by atoms with van der Waals surface area (Å²) >= 11 is 0. The first-order valence-electron chi connectivity index (χ1n) is 9.78. The molecule has 0 radical (unpaired) electrons. The molecule has 0 bridgehead atoms. The van der Waals surface area contributed by atoms with Crippen LogP contribution in [0.5, 0.6) is 11.5 Å². The zero-order valence-corrected chi connectivity index (χ0v) is 17.0. The number of benzene rings is 2. The van der Waals surface area contributed by atoms with Crippen molar-refractivity contribution in [3.05, 3.63) is 53.6 Å². The summed E-state index contributed by atoms with van der Waals surface area (Å²) in [5.41, 5.74) is 0.0700. The van der Waals surface area contributed by atoms with Crippen LogP contribution < -0.4 is 14.8 Å². The number of carbonyl (C=O) groups excluding carboxylic acids is 1. The fraction of sp³-hybridized carbons (Fsp3) is 0.409. The third-order valence-electron chi connectivity index (χ3n) is 5.29. The number of urea groups is 1. The van der Waals surface area contributed by atoms with Crippen molar-refractivity contribution in [1.29, 1.82) is 0 Å². The van der Waals surface area contributed by atoms with Crippen molar-refractivity contribution in [2.24, 2.45) is 0 Å². The number of hydrogen-bond donors (Lipinski definition) is 1. The molecule has 1 N–H and O–H groups in total. The van der Waals surface area contributed by atoms with Gasteiger partial charge >= 0.3 is 12.2 Å². The molecule has 3 rings (SSSR count). The van der Waals surface area contributed by atoms with Gasteiger partial charge in [-0.3, -0.25) is 0 Å². The third kappa shape index (κ3) is 4.98. The normalized spacial score (nSPS) is 14.4. The van der Waals surface area contributed by atoms with Crippen molar-refractivity contribution in [2.75, 3.05) is 19.5 Å². The van der Waals surface area contributed by atoms with Crippen LogP contribution >= 0.6 is 0 Å². The Morgan fingerprint density at radius 2 is 1.80 bits per heavy atom. The van der Waals surface area contributed by atoms with Gasteiger partial charge in [0.25, 0.3) is 0 Å². The van der Waals surface area contributed by atoms with Crippen LogP contribution in [0.1, 0.15) is 36.8 Å². The number of amides is 2. The topological polar surface area (TPSA) is 50.8 Å². The van der Waals surface area contributed by atoms with Crippen LogP contribution in [0.15, 0.2) is 42.5 Å². The number of alkyl halides is 3. The number of halogens is 3. The molecule has 0 aromatic heterocycles. The van der Waals surface area contributed by atoms with Gasteiger partial charge < -0.3 is 19.7 Å². The number of carbonyl (C=O) groups is 1. The van der Waals surface area contributed by atoms with Crippen molar-refractivity contribution in [3.8, 4) is 11.5 Å². The predicted octanol–water partition coefficient (Wildman–Crippen LogP) is 5.70. The summed E-state index contributed by atoms with van der Waals surface area (Å²) in [5.74, 6) is 1.09. The van der Waals surface area contributed by atoms with Crippen LogP contribution in [0, 0.1) is 0 Å². The van der Waals surface area contributed by atoms with Crippen molar-refractivity contribution in [3.63, 3.8) is 0 Å². The molecule has 0 aliphatic heterocycles. The molecule has 1 aliphatic carbocycles. The van der Waals surface area contributed by atoms with E-state index in [1.54, 1.807) is 11.0 Å². The Bertz CT molecular complexity index is 880. The smallest absolute Gasteiger partial charge is 0.416 e. The van der Waals surface area contributed by atoms with Crippen molar-refractivity contribution >= 4 is 11.7 Å². The summed E-state index contributed by atoms with van der Waals surface area (Å²) in [4.78, 5) is 14.8. The number of methoxy groups -OCH3 is 2. The Kier molecular flexibility index (Phi) is 6.74. The van der Waals surface area contributed by atoms with E-state index < -0.39 is 17.8 Å². The van der Waals surface area contributed by atoms with Gasteiger partial charge in [-0.05, 0) is 37.1 Å². The van der Waals surface area contributed by atoms with Gasteiger partial charge in [-0.15, -0.1) is 0 Å². The maximum Gasteiger partial charge on any atom is 0.416 e. The molecule has 2 aromatic carbocycles. The summed E-state index contributed by atoms with van der Waals surface area (Å²) in [6.07, 6.45) is -0.759. The van der Waals surface area contributed by atoms with E-state index >= 15 is 0 Å². The van der Waals surface area contributed by atoms with Gasteiger partial charge in [-0.2, -0.15) is 13.2 Å². The molecule has 2 aromatic rings. The van der Waals surface area contributed by atoms with E-state index in [-0.39, 0.29) is 18.3 Å². The average molecular weight is 422 g/mol. The quantitative estimate of drug-likeness (QED) is 0.650. The monoisotopic (exact) mass is 422 g/mol. The largest absolute Gasteiger partial charge is 0.493 e. The molecule has 1 fully saturated rings. The van der Waals surface area contributed by atoms with E-state index in [1.807, 2.05) is 12.1 Å². The first-order valence-corrected chi connectivity index (χ1v) is 9.78. The summed E-state index contributed by atoms with van der Waals surface area (Å²) in [5, 5.41) is 2.63. The molecule has 0 spiro atoms. The first-order chi connectivity index (χ1) is 14.3. The van der Waals surface area contributed by atoms with Crippen LogP contribution in [0.25, 0.3) is 0 Å². The lowest BCUT2D eigenvalue weighted by Crippen LogP contribution is -2.41. The fourth-order valence-electron chi connectivity index (χ4n) is 3.81. The molecule has 2 amide bonds. The minimum Gasteiger partial charge on any atom is -0.493 e. The van der Waals surface area contributed by atoms with Gasteiger partial charge in [0.05, 0.1) is 26.3 Å². The SMILES string of the molecule is COc1cccc(CN(C(=O)Nc2cccc(C(F)(F)F)c2)C2CCCC2)c1OC. The Morgan fingerprint density at radius 3 is 2.43 bits per heavy atom. The third-order valence-corrected chi connectivity index (χ3v) is 5.29. The highest BCUT2D eigenvalue weighted by Crippen LogP contribution is 2.34. The minimum absolute atomic E-state index is 0.00621. The number of rotatable bonds is 6. The van der Waals surface area contributed by atoms with Gasteiger partial charge in [0.1, 0.15) is 0 Å². The van der Waals surface area contributed by atoms with Crippen LogP contribution in [0.3, 0.4) is 0 Å². The predicted molar refractivity (Wildman–Crippen MR) is 108 cm³/mol. The first kappa shape index (κ1) is 21.8. The molecule has 8 heteroatoms. The van der Waals surface area contributed by atoms with Crippen molar-refractivity contribution in [2.45, 2.75) is 44.4 Å². The van der Waals surface area contributed by atoms with E-state index in [4.69, 9.17) is 9.47 Å². The van der Waals surface area contributed by atoms with E-state index in [0.29, 0.717) is 11.5 Å². The van der Waals surface area contributed by atoms with E-state index in [0.717, 1.165) is 43.4 Å². The van der Waals surface area contributed by atoms with E-state index in [1.165, 1.54) is 26.4 Å². The summed E-state index contributed by atoms with van der Waals surface area (Å²) < 4.78 is 49.8. The number of anilines is 1.